The van der Waals surface area contributed by atoms with Crippen molar-refractivity contribution >= 4 is 17.2 Å². The van der Waals surface area contributed by atoms with Crippen molar-refractivity contribution in [3.05, 3.63) is 30.2 Å². The lowest BCUT2D eigenvalue weighted by Gasteiger charge is -1.98. The SMILES string of the molecule is C/C(=C/Nc1ccn[nH]1)c1cc(N)n[nH]1. The van der Waals surface area contributed by atoms with Crippen LogP contribution in [-0.4, -0.2) is 20.4 Å². The summed E-state index contributed by atoms with van der Waals surface area (Å²) in [5.74, 6) is 1.32. The van der Waals surface area contributed by atoms with Gasteiger partial charge < -0.3 is 11.1 Å². The molecule has 6 heteroatoms. The van der Waals surface area contributed by atoms with Crippen LogP contribution in [0.25, 0.3) is 5.57 Å². The highest BCUT2D eigenvalue weighted by molar-refractivity contribution is 5.64. The van der Waals surface area contributed by atoms with Crippen LogP contribution in [0.15, 0.2) is 24.5 Å². The molecule has 0 unspecified atom stereocenters. The fourth-order valence-corrected chi connectivity index (χ4v) is 1.14. The Morgan fingerprint density at radius 2 is 2.40 bits per heavy atom. The van der Waals surface area contributed by atoms with Crippen molar-refractivity contribution in [3.63, 3.8) is 0 Å². The highest BCUT2D eigenvalue weighted by Crippen LogP contribution is 2.12. The first-order chi connectivity index (χ1) is 7.25. The number of nitrogen functional groups attached to an aromatic ring is 1. The molecule has 15 heavy (non-hydrogen) atoms. The summed E-state index contributed by atoms with van der Waals surface area (Å²) in [6, 6.07) is 3.62. The third-order valence-corrected chi connectivity index (χ3v) is 1.97. The van der Waals surface area contributed by atoms with Gasteiger partial charge in [-0.1, -0.05) is 0 Å². The summed E-state index contributed by atoms with van der Waals surface area (Å²) in [6.07, 6.45) is 3.53. The number of anilines is 2. The Labute approximate surface area is 86.6 Å². The lowest BCUT2D eigenvalue weighted by Crippen LogP contribution is -1.90. The third-order valence-electron chi connectivity index (χ3n) is 1.97. The van der Waals surface area contributed by atoms with Gasteiger partial charge in [0, 0.05) is 18.3 Å². The van der Waals surface area contributed by atoms with Crippen LogP contribution in [0, 0.1) is 0 Å². The number of H-pyrrole nitrogens is 2. The number of nitrogens with zero attached hydrogens (tertiary/aromatic N) is 2. The molecule has 0 aliphatic rings. The van der Waals surface area contributed by atoms with Crippen LogP contribution in [0.3, 0.4) is 0 Å². The van der Waals surface area contributed by atoms with Crippen molar-refractivity contribution in [1.82, 2.24) is 20.4 Å². The number of nitrogens with one attached hydrogen (secondary N) is 3. The molecule has 78 valence electrons. The maximum atomic E-state index is 5.50. The number of hydrogen-bond donors (Lipinski definition) is 4. The van der Waals surface area contributed by atoms with E-state index in [4.69, 9.17) is 5.73 Å². The lowest BCUT2D eigenvalue weighted by molar-refractivity contribution is 1.08. The predicted octanol–water partition coefficient (Wildman–Crippen LogP) is 1.19. The summed E-state index contributed by atoms with van der Waals surface area (Å²) in [5.41, 5.74) is 7.40. The molecule has 2 rings (SSSR count). The second-order valence-electron chi connectivity index (χ2n) is 3.15. The molecule has 0 spiro atoms. The number of rotatable bonds is 3. The van der Waals surface area contributed by atoms with Crippen LogP contribution >= 0.6 is 0 Å². The van der Waals surface area contributed by atoms with Gasteiger partial charge in [-0.2, -0.15) is 10.2 Å². The van der Waals surface area contributed by atoms with Crippen LogP contribution < -0.4 is 11.1 Å². The number of hydrogen-bond acceptors (Lipinski definition) is 4. The van der Waals surface area contributed by atoms with E-state index in [0.717, 1.165) is 17.1 Å². The Morgan fingerprint density at radius 3 is 3.00 bits per heavy atom. The Kier molecular flexibility index (Phi) is 2.40. The van der Waals surface area contributed by atoms with E-state index in [1.54, 1.807) is 12.3 Å². The quantitative estimate of drug-likeness (QED) is 0.603. The van der Waals surface area contributed by atoms with Crippen molar-refractivity contribution in [2.75, 3.05) is 11.1 Å². The predicted molar refractivity (Wildman–Crippen MR) is 58.9 cm³/mol. The van der Waals surface area contributed by atoms with Gasteiger partial charge in [0.1, 0.15) is 11.6 Å². The van der Waals surface area contributed by atoms with Crippen molar-refractivity contribution in [1.29, 1.82) is 0 Å². The summed E-state index contributed by atoms with van der Waals surface area (Å²) in [5, 5.41) is 16.3. The van der Waals surface area contributed by atoms with Crippen molar-refractivity contribution in [2.45, 2.75) is 6.92 Å². The molecular weight excluding hydrogens is 192 g/mol. The zero-order valence-electron chi connectivity index (χ0n) is 8.28. The van der Waals surface area contributed by atoms with Crippen LogP contribution in [0.5, 0.6) is 0 Å². The van der Waals surface area contributed by atoms with Crippen LogP contribution in [0.4, 0.5) is 11.6 Å². The standard InChI is InChI=1S/C9H12N6/c1-6(7-4-8(10)14-13-7)5-11-9-2-3-12-15-9/h2-5H,1H3,(H3,10,13,14)(H2,11,12,15)/b6-5-. The van der Waals surface area contributed by atoms with Gasteiger partial charge in [0.05, 0.1) is 11.9 Å². The first-order valence-corrected chi connectivity index (χ1v) is 4.49. The fraction of sp³-hybridized carbons (Fsp3) is 0.111. The molecule has 0 atom stereocenters. The third kappa shape index (κ3) is 2.16. The van der Waals surface area contributed by atoms with Crippen molar-refractivity contribution < 1.29 is 0 Å². The van der Waals surface area contributed by atoms with E-state index < -0.39 is 0 Å². The molecule has 0 aliphatic carbocycles. The number of aromatic nitrogens is 4. The first kappa shape index (κ1) is 9.32. The van der Waals surface area contributed by atoms with E-state index in [1.165, 1.54) is 0 Å². The fourth-order valence-electron chi connectivity index (χ4n) is 1.14. The summed E-state index contributed by atoms with van der Waals surface area (Å²) in [7, 11) is 0. The Bertz CT molecular complexity index is 453. The van der Waals surface area contributed by atoms with Gasteiger partial charge in [0.15, 0.2) is 0 Å². The average Bonchev–Trinajstić information content (AvgIpc) is 2.84. The zero-order chi connectivity index (χ0) is 10.7. The molecule has 0 bridgehead atoms. The maximum Gasteiger partial charge on any atom is 0.145 e. The molecule has 6 nitrogen and oxygen atoms in total. The second-order valence-corrected chi connectivity index (χ2v) is 3.15. The van der Waals surface area contributed by atoms with Gasteiger partial charge in [0.25, 0.3) is 0 Å². The van der Waals surface area contributed by atoms with Crippen LogP contribution in [-0.2, 0) is 0 Å². The minimum absolute atomic E-state index is 0.485. The van der Waals surface area contributed by atoms with E-state index in [-0.39, 0.29) is 0 Å². The molecule has 0 amide bonds. The average molecular weight is 204 g/mol. The van der Waals surface area contributed by atoms with Gasteiger partial charge in [0.2, 0.25) is 0 Å². The summed E-state index contributed by atoms with van der Waals surface area (Å²) >= 11 is 0. The second kappa shape index (κ2) is 3.87. The summed E-state index contributed by atoms with van der Waals surface area (Å²) in [6.45, 7) is 1.95. The van der Waals surface area contributed by atoms with E-state index in [0.29, 0.717) is 5.82 Å². The molecule has 0 fully saturated rings. The normalized spacial score (nSPS) is 11.7. The molecule has 0 aromatic carbocycles. The van der Waals surface area contributed by atoms with E-state index in [9.17, 15) is 0 Å². The van der Waals surface area contributed by atoms with Crippen molar-refractivity contribution in [2.24, 2.45) is 0 Å². The topological polar surface area (TPSA) is 95.4 Å². The van der Waals surface area contributed by atoms with E-state index in [1.807, 2.05) is 19.2 Å². The largest absolute Gasteiger partial charge is 0.382 e. The maximum absolute atomic E-state index is 5.50. The number of nitrogens with two attached hydrogens (primary N) is 1. The Hall–Kier alpha value is -2.24. The van der Waals surface area contributed by atoms with Gasteiger partial charge >= 0.3 is 0 Å². The molecule has 0 saturated carbocycles. The van der Waals surface area contributed by atoms with Crippen molar-refractivity contribution in [3.8, 4) is 0 Å². The monoisotopic (exact) mass is 204 g/mol. The minimum Gasteiger partial charge on any atom is -0.382 e. The van der Waals surface area contributed by atoms with Crippen LogP contribution in [0.1, 0.15) is 12.6 Å². The van der Waals surface area contributed by atoms with Gasteiger partial charge in [-0.3, -0.25) is 10.2 Å². The molecule has 0 saturated heterocycles. The van der Waals surface area contributed by atoms with Gasteiger partial charge in [-0.05, 0) is 12.5 Å². The molecular formula is C9H12N6. The summed E-state index contributed by atoms with van der Waals surface area (Å²) < 4.78 is 0. The molecule has 2 heterocycles. The van der Waals surface area contributed by atoms with Crippen LogP contribution in [0.2, 0.25) is 0 Å². The lowest BCUT2D eigenvalue weighted by atomic mass is 10.2. The first-order valence-electron chi connectivity index (χ1n) is 4.49. The molecule has 2 aromatic rings. The zero-order valence-corrected chi connectivity index (χ0v) is 8.28. The van der Waals surface area contributed by atoms with E-state index >= 15 is 0 Å². The number of allylic oxidation sites excluding steroid dienone is 1. The molecule has 5 N–H and O–H groups in total. The Balaban J connectivity index is 2.07. The highest BCUT2D eigenvalue weighted by Gasteiger charge is 1.99. The number of aromatic amines is 2. The smallest absolute Gasteiger partial charge is 0.145 e. The molecule has 2 aromatic heterocycles. The molecule has 0 radical (unpaired) electrons. The molecule has 0 aliphatic heterocycles. The van der Waals surface area contributed by atoms with Gasteiger partial charge in [-0.15, -0.1) is 0 Å². The Morgan fingerprint density at radius 1 is 1.53 bits per heavy atom. The highest BCUT2D eigenvalue weighted by atomic mass is 15.2. The minimum atomic E-state index is 0.485. The van der Waals surface area contributed by atoms with Gasteiger partial charge in [-0.25, -0.2) is 0 Å². The summed E-state index contributed by atoms with van der Waals surface area (Å²) in [4.78, 5) is 0. The van der Waals surface area contributed by atoms with E-state index in [2.05, 4.69) is 25.7 Å².